The third-order valence-corrected chi connectivity index (χ3v) is 4.95. The Hall–Kier alpha value is -2.38. The summed E-state index contributed by atoms with van der Waals surface area (Å²) < 4.78 is 17.3. The second kappa shape index (κ2) is 10.4. The van der Waals surface area contributed by atoms with Crippen molar-refractivity contribution in [3.05, 3.63) is 47.2 Å². The largest absolute Gasteiger partial charge is 0.476 e. The lowest BCUT2D eigenvalue weighted by Gasteiger charge is -2.35. The summed E-state index contributed by atoms with van der Waals surface area (Å²) in [5.74, 6) is 0.973. The first-order valence-electron chi connectivity index (χ1n) is 9.70. The molecule has 1 atom stereocenters. The lowest BCUT2D eigenvalue weighted by Crippen LogP contribution is -2.40. The Kier molecular flexibility index (Phi) is 7.66. The quantitative estimate of drug-likeness (QED) is 0.635. The molecule has 7 nitrogen and oxygen atoms in total. The van der Waals surface area contributed by atoms with E-state index in [2.05, 4.69) is 15.3 Å². The summed E-state index contributed by atoms with van der Waals surface area (Å²) in [6.07, 6.45) is 3.41. The Balaban J connectivity index is 1.40. The van der Waals surface area contributed by atoms with Crippen molar-refractivity contribution in [2.75, 3.05) is 13.2 Å². The maximum absolute atomic E-state index is 11.0. The van der Waals surface area contributed by atoms with Gasteiger partial charge in [-0.1, -0.05) is 41.9 Å². The highest BCUT2D eigenvalue weighted by Gasteiger charge is 2.31. The average Bonchev–Trinajstić information content (AvgIpc) is 2.66. The zero-order valence-electron chi connectivity index (χ0n) is 16.6. The first-order valence-corrected chi connectivity index (χ1v) is 10.1. The van der Waals surface area contributed by atoms with Crippen molar-refractivity contribution in [2.45, 2.75) is 45.4 Å². The number of hydrogen-bond donors (Lipinski definition) is 1. The van der Waals surface area contributed by atoms with Gasteiger partial charge in [-0.2, -0.15) is 0 Å². The van der Waals surface area contributed by atoms with Gasteiger partial charge in [0, 0.05) is 13.0 Å². The van der Waals surface area contributed by atoms with Crippen molar-refractivity contribution in [3.8, 4) is 11.8 Å². The molecular weight excluding hydrogens is 394 g/mol. The van der Waals surface area contributed by atoms with E-state index in [-0.39, 0.29) is 23.1 Å². The van der Waals surface area contributed by atoms with Crippen LogP contribution < -0.4 is 14.8 Å². The van der Waals surface area contributed by atoms with E-state index in [0.717, 1.165) is 18.4 Å². The monoisotopic (exact) mass is 419 g/mol. The van der Waals surface area contributed by atoms with Crippen LogP contribution >= 0.6 is 11.6 Å². The van der Waals surface area contributed by atoms with Crippen LogP contribution in [0.5, 0.6) is 11.8 Å². The Bertz CT molecular complexity index is 800. The lowest BCUT2D eigenvalue weighted by molar-refractivity contribution is -0.120. The summed E-state index contributed by atoms with van der Waals surface area (Å²) >= 11 is 6.34. The fourth-order valence-electron chi connectivity index (χ4n) is 3.08. The smallest absolute Gasteiger partial charge is 0.240 e. The minimum absolute atomic E-state index is 0.0110. The van der Waals surface area contributed by atoms with Crippen molar-refractivity contribution >= 4 is 17.5 Å². The molecule has 1 aliphatic rings. The standard InChI is InChI=1S/C21H26ClN3O4/c1-14(25-15(2)26)10-27-18-8-17(9-18)12-29-21-19(22)20(23-13-24-21)28-11-16-6-4-3-5-7-16/h3-7,13-14,17-18H,8-12H2,1-2H3,(H,25,26)/t14-,17?,18?/m0/s1. The minimum atomic E-state index is -0.0465. The average molecular weight is 420 g/mol. The van der Waals surface area contributed by atoms with E-state index in [0.29, 0.717) is 37.5 Å². The first-order chi connectivity index (χ1) is 14.0. The molecular formula is C21H26ClN3O4. The topological polar surface area (TPSA) is 82.6 Å². The molecule has 1 amide bonds. The normalized spacial score (nSPS) is 19.1. The number of nitrogens with zero attached hydrogens (tertiary/aromatic N) is 2. The van der Waals surface area contributed by atoms with Crippen LogP contribution in [0.15, 0.2) is 36.7 Å². The SMILES string of the molecule is CC(=O)N[C@@H](C)COC1CC(COc2ncnc(OCc3ccccc3)c2Cl)C1. The van der Waals surface area contributed by atoms with Gasteiger partial charge in [-0.15, -0.1) is 0 Å². The van der Waals surface area contributed by atoms with Crippen LogP contribution in [-0.2, 0) is 16.1 Å². The van der Waals surface area contributed by atoms with Gasteiger partial charge in [0.25, 0.3) is 0 Å². The predicted molar refractivity (Wildman–Crippen MR) is 109 cm³/mol. The lowest BCUT2D eigenvalue weighted by atomic mass is 9.83. The molecule has 1 aromatic heterocycles. The molecule has 0 saturated heterocycles. The van der Waals surface area contributed by atoms with Crippen molar-refractivity contribution < 1.29 is 19.0 Å². The molecule has 1 aromatic carbocycles. The molecule has 2 aromatic rings. The van der Waals surface area contributed by atoms with E-state index < -0.39 is 0 Å². The summed E-state index contributed by atoms with van der Waals surface area (Å²) in [6.45, 7) is 4.82. The number of rotatable bonds is 10. The number of carbonyl (C=O) groups excluding carboxylic acids is 1. The fourth-order valence-corrected chi connectivity index (χ4v) is 3.29. The summed E-state index contributed by atoms with van der Waals surface area (Å²) in [6, 6.07) is 9.80. The number of aromatic nitrogens is 2. The number of hydrogen-bond acceptors (Lipinski definition) is 6. The Morgan fingerprint density at radius 2 is 1.90 bits per heavy atom. The van der Waals surface area contributed by atoms with Gasteiger partial charge >= 0.3 is 0 Å². The van der Waals surface area contributed by atoms with Gasteiger partial charge in [0.05, 0.1) is 19.3 Å². The highest BCUT2D eigenvalue weighted by molar-refractivity contribution is 6.33. The van der Waals surface area contributed by atoms with Crippen LogP contribution in [0, 0.1) is 5.92 Å². The molecule has 29 heavy (non-hydrogen) atoms. The van der Waals surface area contributed by atoms with E-state index in [1.165, 1.54) is 13.3 Å². The molecule has 1 fully saturated rings. The molecule has 1 N–H and O–H groups in total. The van der Waals surface area contributed by atoms with Crippen LogP contribution in [0.25, 0.3) is 0 Å². The van der Waals surface area contributed by atoms with E-state index in [9.17, 15) is 4.79 Å². The molecule has 0 spiro atoms. The number of ether oxygens (including phenoxy) is 3. The van der Waals surface area contributed by atoms with Crippen LogP contribution in [0.3, 0.4) is 0 Å². The zero-order valence-corrected chi connectivity index (χ0v) is 17.4. The molecule has 0 unspecified atom stereocenters. The summed E-state index contributed by atoms with van der Waals surface area (Å²) in [4.78, 5) is 19.2. The van der Waals surface area contributed by atoms with Gasteiger partial charge in [0.2, 0.25) is 17.7 Å². The second-order valence-electron chi connectivity index (χ2n) is 7.28. The molecule has 8 heteroatoms. The van der Waals surface area contributed by atoms with Crippen LogP contribution in [0.1, 0.15) is 32.3 Å². The number of amides is 1. The summed E-state index contributed by atoms with van der Waals surface area (Å²) in [7, 11) is 0. The highest BCUT2D eigenvalue weighted by Crippen LogP contribution is 2.34. The number of halogens is 1. The number of carbonyl (C=O) groups is 1. The number of benzene rings is 1. The van der Waals surface area contributed by atoms with E-state index >= 15 is 0 Å². The van der Waals surface area contributed by atoms with Crippen LogP contribution in [0.4, 0.5) is 0 Å². The van der Waals surface area contributed by atoms with Crippen LogP contribution in [-0.4, -0.2) is 41.2 Å². The van der Waals surface area contributed by atoms with Gasteiger partial charge in [-0.25, -0.2) is 9.97 Å². The maximum atomic E-state index is 11.0. The molecule has 0 aliphatic heterocycles. The molecule has 1 aliphatic carbocycles. The molecule has 1 saturated carbocycles. The highest BCUT2D eigenvalue weighted by atomic mass is 35.5. The molecule has 156 valence electrons. The molecule has 0 bridgehead atoms. The minimum Gasteiger partial charge on any atom is -0.476 e. The third-order valence-electron chi connectivity index (χ3n) is 4.62. The van der Waals surface area contributed by atoms with E-state index in [4.69, 9.17) is 25.8 Å². The van der Waals surface area contributed by atoms with Crippen molar-refractivity contribution in [1.29, 1.82) is 0 Å². The van der Waals surface area contributed by atoms with Gasteiger partial charge < -0.3 is 19.5 Å². The number of nitrogens with one attached hydrogen (secondary N) is 1. The van der Waals surface area contributed by atoms with Crippen LogP contribution in [0.2, 0.25) is 5.02 Å². The van der Waals surface area contributed by atoms with Gasteiger partial charge in [0.15, 0.2) is 5.02 Å². The van der Waals surface area contributed by atoms with Gasteiger partial charge in [-0.3, -0.25) is 4.79 Å². The van der Waals surface area contributed by atoms with Crippen molar-refractivity contribution in [1.82, 2.24) is 15.3 Å². The van der Waals surface area contributed by atoms with Crippen molar-refractivity contribution in [2.24, 2.45) is 5.92 Å². The Morgan fingerprint density at radius 1 is 1.21 bits per heavy atom. The van der Waals surface area contributed by atoms with E-state index in [1.807, 2.05) is 37.3 Å². The summed E-state index contributed by atoms with van der Waals surface area (Å²) in [5, 5.41) is 3.08. The zero-order chi connectivity index (χ0) is 20.6. The molecule has 3 rings (SSSR count). The Morgan fingerprint density at radius 3 is 2.59 bits per heavy atom. The van der Waals surface area contributed by atoms with Gasteiger partial charge in [0.1, 0.15) is 12.9 Å². The first kappa shape index (κ1) is 21.3. The van der Waals surface area contributed by atoms with E-state index in [1.54, 1.807) is 0 Å². The second-order valence-corrected chi connectivity index (χ2v) is 7.66. The Labute approximate surface area is 175 Å². The predicted octanol–water partition coefficient (Wildman–Crippen LogP) is 3.41. The third kappa shape index (κ3) is 6.58. The van der Waals surface area contributed by atoms with Gasteiger partial charge in [-0.05, 0) is 31.2 Å². The summed E-state index contributed by atoms with van der Waals surface area (Å²) in [5.41, 5.74) is 1.03. The molecule has 0 radical (unpaired) electrons. The molecule has 1 heterocycles. The maximum Gasteiger partial charge on any atom is 0.240 e. The van der Waals surface area contributed by atoms with Crippen molar-refractivity contribution in [3.63, 3.8) is 0 Å². The fraction of sp³-hybridized carbons (Fsp3) is 0.476.